The predicted octanol–water partition coefficient (Wildman–Crippen LogP) is 3.95. The molecule has 0 saturated carbocycles. The molecule has 2 aromatic carbocycles. The number of hydrogen-bond donors (Lipinski definition) is 1. The first-order valence-corrected chi connectivity index (χ1v) is 6.29. The summed E-state index contributed by atoms with van der Waals surface area (Å²) in [6.45, 7) is 4.44. The molecule has 19 heavy (non-hydrogen) atoms. The maximum atomic E-state index is 13.9. The van der Waals surface area contributed by atoms with Gasteiger partial charge in [-0.05, 0) is 49.7 Å². The zero-order valence-electron chi connectivity index (χ0n) is 11.5. The SMILES string of the molecule is CNCc1ccc(C)c(Oc2cccc(C)c2F)c1. The van der Waals surface area contributed by atoms with Crippen molar-refractivity contribution in [2.24, 2.45) is 0 Å². The third-order valence-electron chi connectivity index (χ3n) is 3.01. The molecule has 0 atom stereocenters. The molecular weight excluding hydrogens is 241 g/mol. The number of ether oxygens (including phenoxy) is 1. The number of aryl methyl sites for hydroxylation is 2. The lowest BCUT2D eigenvalue weighted by Gasteiger charge is -2.12. The Morgan fingerprint density at radius 3 is 2.58 bits per heavy atom. The number of halogens is 1. The highest BCUT2D eigenvalue weighted by atomic mass is 19.1. The van der Waals surface area contributed by atoms with Crippen LogP contribution in [0.15, 0.2) is 36.4 Å². The van der Waals surface area contributed by atoms with Gasteiger partial charge in [0, 0.05) is 6.54 Å². The lowest BCUT2D eigenvalue weighted by molar-refractivity contribution is 0.437. The molecule has 2 nitrogen and oxygen atoms in total. The Bertz CT molecular complexity index is 581. The van der Waals surface area contributed by atoms with E-state index in [1.165, 1.54) is 0 Å². The fourth-order valence-electron chi connectivity index (χ4n) is 1.89. The van der Waals surface area contributed by atoms with E-state index in [4.69, 9.17) is 4.74 Å². The summed E-state index contributed by atoms with van der Waals surface area (Å²) in [5.41, 5.74) is 2.68. The van der Waals surface area contributed by atoms with Crippen molar-refractivity contribution in [2.75, 3.05) is 7.05 Å². The van der Waals surface area contributed by atoms with Crippen molar-refractivity contribution in [2.45, 2.75) is 20.4 Å². The van der Waals surface area contributed by atoms with Gasteiger partial charge < -0.3 is 10.1 Å². The summed E-state index contributed by atoms with van der Waals surface area (Å²) in [4.78, 5) is 0. The van der Waals surface area contributed by atoms with Crippen LogP contribution in [-0.4, -0.2) is 7.05 Å². The normalized spacial score (nSPS) is 10.5. The molecular formula is C16H18FNO. The zero-order chi connectivity index (χ0) is 13.8. The van der Waals surface area contributed by atoms with E-state index < -0.39 is 0 Å². The van der Waals surface area contributed by atoms with E-state index in [1.807, 2.05) is 32.2 Å². The summed E-state index contributed by atoms with van der Waals surface area (Å²) < 4.78 is 19.6. The van der Waals surface area contributed by atoms with Crippen molar-refractivity contribution in [1.82, 2.24) is 5.32 Å². The molecule has 0 aliphatic carbocycles. The fourth-order valence-corrected chi connectivity index (χ4v) is 1.89. The van der Waals surface area contributed by atoms with Crippen LogP contribution in [0.1, 0.15) is 16.7 Å². The van der Waals surface area contributed by atoms with Crippen LogP contribution in [0.5, 0.6) is 11.5 Å². The average molecular weight is 259 g/mol. The summed E-state index contributed by atoms with van der Waals surface area (Å²) in [5, 5.41) is 3.09. The van der Waals surface area contributed by atoms with Gasteiger partial charge in [0.25, 0.3) is 0 Å². The van der Waals surface area contributed by atoms with Crippen molar-refractivity contribution >= 4 is 0 Å². The maximum Gasteiger partial charge on any atom is 0.168 e. The molecule has 0 spiro atoms. The second-order valence-electron chi connectivity index (χ2n) is 4.62. The molecule has 1 N–H and O–H groups in total. The van der Waals surface area contributed by atoms with E-state index in [0.717, 1.165) is 17.7 Å². The molecule has 0 saturated heterocycles. The lowest BCUT2D eigenvalue weighted by atomic mass is 10.1. The summed E-state index contributed by atoms with van der Waals surface area (Å²) in [7, 11) is 1.89. The Kier molecular flexibility index (Phi) is 4.17. The van der Waals surface area contributed by atoms with Gasteiger partial charge in [-0.2, -0.15) is 0 Å². The Morgan fingerprint density at radius 2 is 1.84 bits per heavy atom. The quantitative estimate of drug-likeness (QED) is 0.897. The molecule has 0 amide bonds. The number of rotatable bonds is 4. The smallest absolute Gasteiger partial charge is 0.168 e. The van der Waals surface area contributed by atoms with Crippen LogP contribution in [0.2, 0.25) is 0 Å². The first-order valence-electron chi connectivity index (χ1n) is 6.29. The van der Waals surface area contributed by atoms with E-state index in [2.05, 4.69) is 5.32 Å². The van der Waals surface area contributed by atoms with Gasteiger partial charge in [-0.15, -0.1) is 0 Å². The monoisotopic (exact) mass is 259 g/mol. The van der Waals surface area contributed by atoms with Gasteiger partial charge in [0.15, 0.2) is 11.6 Å². The first-order chi connectivity index (χ1) is 9.11. The standard InChI is InChI=1S/C16H18FNO/c1-11-7-8-13(10-18-3)9-15(11)19-14-6-4-5-12(2)16(14)17/h4-9,18H,10H2,1-3H3. The fraction of sp³-hybridized carbons (Fsp3) is 0.250. The Labute approximate surface area is 113 Å². The van der Waals surface area contributed by atoms with Crippen LogP contribution in [-0.2, 0) is 6.54 Å². The highest BCUT2D eigenvalue weighted by Gasteiger charge is 2.09. The topological polar surface area (TPSA) is 21.3 Å². The molecule has 0 fully saturated rings. The Morgan fingerprint density at radius 1 is 1.05 bits per heavy atom. The van der Waals surface area contributed by atoms with Crippen molar-refractivity contribution in [1.29, 1.82) is 0 Å². The van der Waals surface area contributed by atoms with E-state index in [9.17, 15) is 4.39 Å². The third-order valence-corrected chi connectivity index (χ3v) is 3.01. The van der Waals surface area contributed by atoms with E-state index in [-0.39, 0.29) is 11.6 Å². The third kappa shape index (κ3) is 3.12. The van der Waals surface area contributed by atoms with Crippen LogP contribution in [0.25, 0.3) is 0 Å². The second-order valence-corrected chi connectivity index (χ2v) is 4.62. The Hall–Kier alpha value is -1.87. The van der Waals surface area contributed by atoms with Gasteiger partial charge in [-0.25, -0.2) is 4.39 Å². The van der Waals surface area contributed by atoms with Crippen LogP contribution >= 0.6 is 0 Å². The molecule has 0 unspecified atom stereocenters. The average Bonchev–Trinajstić information content (AvgIpc) is 2.39. The minimum Gasteiger partial charge on any atom is -0.454 e. The van der Waals surface area contributed by atoms with Crippen LogP contribution < -0.4 is 10.1 Å². The predicted molar refractivity (Wildman–Crippen MR) is 75.2 cm³/mol. The zero-order valence-corrected chi connectivity index (χ0v) is 11.5. The minimum absolute atomic E-state index is 0.268. The molecule has 3 heteroatoms. The van der Waals surface area contributed by atoms with E-state index in [0.29, 0.717) is 11.3 Å². The van der Waals surface area contributed by atoms with Crippen LogP contribution in [0.4, 0.5) is 4.39 Å². The van der Waals surface area contributed by atoms with Gasteiger partial charge in [0.1, 0.15) is 5.75 Å². The molecule has 0 aromatic heterocycles. The van der Waals surface area contributed by atoms with Crippen molar-refractivity contribution in [3.63, 3.8) is 0 Å². The summed E-state index contributed by atoms with van der Waals surface area (Å²) in [6, 6.07) is 11.1. The molecule has 2 rings (SSSR count). The van der Waals surface area contributed by atoms with Gasteiger partial charge in [-0.3, -0.25) is 0 Å². The highest BCUT2D eigenvalue weighted by molar-refractivity contribution is 5.41. The number of hydrogen-bond acceptors (Lipinski definition) is 2. The molecule has 0 aliphatic rings. The van der Waals surface area contributed by atoms with Crippen LogP contribution in [0, 0.1) is 19.7 Å². The van der Waals surface area contributed by atoms with E-state index in [1.54, 1.807) is 25.1 Å². The largest absolute Gasteiger partial charge is 0.454 e. The van der Waals surface area contributed by atoms with Crippen molar-refractivity contribution in [3.8, 4) is 11.5 Å². The molecule has 0 aliphatic heterocycles. The van der Waals surface area contributed by atoms with Crippen LogP contribution in [0.3, 0.4) is 0 Å². The molecule has 2 aromatic rings. The molecule has 0 bridgehead atoms. The molecule has 0 radical (unpaired) electrons. The lowest BCUT2D eigenvalue weighted by Crippen LogP contribution is -2.05. The highest BCUT2D eigenvalue weighted by Crippen LogP contribution is 2.29. The maximum absolute atomic E-state index is 13.9. The number of benzene rings is 2. The van der Waals surface area contributed by atoms with Gasteiger partial charge in [0.05, 0.1) is 0 Å². The summed E-state index contributed by atoms with van der Waals surface area (Å²) in [6.07, 6.45) is 0. The minimum atomic E-state index is -0.305. The summed E-state index contributed by atoms with van der Waals surface area (Å²) in [5.74, 6) is 0.655. The summed E-state index contributed by atoms with van der Waals surface area (Å²) >= 11 is 0. The van der Waals surface area contributed by atoms with Crippen molar-refractivity contribution in [3.05, 3.63) is 58.9 Å². The van der Waals surface area contributed by atoms with Gasteiger partial charge in [-0.1, -0.05) is 24.3 Å². The van der Waals surface area contributed by atoms with Crippen molar-refractivity contribution < 1.29 is 9.13 Å². The second kappa shape index (κ2) is 5.85. The molecule has 100 valence electrons. The number of nitrogens with one attached hydrogen (secondary N) is 1. The van der Waals surface area contributed by atoms with Gasteiger partial charge in [0.2, 0.25) is 0 Å². The molecule has 0 heterocycles. The van der Waals surface area contributed by atoms with E-state index >= 15 is 0 Å². The Balaban J connectivity index is 2.32. The first kappa shape index (κ1) is 13.6. The van der Waals surface area contributed by atoms with Gasteiger partial charge >= 0.3 is 0 Å².